The lowest BCUT2D eigenvalue weighted by Crippen LogP contribution is -2.59. The van der Waals surface area contributed by atoms with Gasteiger partial charge < -0.3 is 48.0 Å². The molecule has 0 spiro atoms. The molecular formula is C39H44N10O6. The van der Waals surface area contributed by atoms with Gasteiger partial charge >= 0.3 is 0 Å². The summed E-state index contributed by atoms with van der Waals surface area (Å²) in [6.45, 7) is -0.409. The number of H-pyrrole nitrogens is 2. The number of benzene rings is 3. The summed E-state index contributed by atoms with van der Waals surface area (Å²) < 4.78 is 0. The van der Waals surface area contributed by atoms with E-state index < -0.39 is 66.2 Å². The highest BCUT2D eigenvalue weighted by Gasteiger charge is 2.31. The Balaban J connectivity index is 1.29. The minimum atomic E-state index is -1.22. The molecule has 0 aliphatic carbocycles. The van der Waals surface area contributed by atoms with Gasteiger partial charge in [-0.2, -0.15) is 0 Å². The van der Waals surface area contributed by atoms with Crippen LogP contribution in [-0.2, 0) is 43.2 Å². The van der Waals surface area contributed by atoms with Crippen molar-refractivity contribution >= 4 is 46.3 Å². The zero-order valence-electron chi connectivity index (χ0n) is 29.9. The third kappa shape index (κ3) is 11.3. The predicted molar refractivity (Wildman–Crippen MR) is 204 cm³/mol. The van der Waals surface area contributed by atoms with Crippen LogP contribution < -0.4 is 38.1 Å². The fourth-order valence-corrected chi connectivity index (χ4v) is 5.98. The van der Waals surface area contributed by atoms with Crippen LogP contribution in [-0.4, -0.2) is 87.7 Å². The lowest BCUT2D eigenvalue weighted by atomic mass is 10.0. The highest BCUT2D eigenvalue weighted by atomic mass is 16.2. The van der Waals surface area contributed by atoms with E-state index in [2.05, 4.69) is 41.5 Å². The van der Waals surface area contributed by atoms with Gasteiger partial charge in [-0.1, -0.05) is 66.7 Å². The maximum Gasteiger partial charge on any atom is 0.251 e. The molecule has 0 saturated heterocycles. The van der Waals surface area contributed by atoms with Crippen molar-refractivity contribution in [2.24, 2.45) is 11.5 Å². The van der Waals surface area contributed by atoms with Crippen molar-refractivity contribution < 1.29 is 28.8 Å². The molecule has 0 radical (unpaired) electrons. The molecule has 55 heavy (non-hydrogen) atoms. The SMILES string of the molecule is NCC[C@H](NC(=O)[C@@H](Cc1ccccc1)NC(=O)[C@H](Cc1cnc[nH]1)NC(=O)CNC(=O)c1ccccc1)C(=O)N[C@@H](Cc1c[nH]c2ccccc12)C(N)=O. The van der Waals surface area contributed by atoms with Crippen molar-refractivity contribution in [1.82, 2.24) is 41.5 Å². The number of nitrogens with two attached hydrogens (primary N) is 2. The molecule has 4 atom stereocenters. The summed E-state index contributed by atoms with van der Waals surface area (Å²) in [5.41, 5.74) is 14.7. The Morgan fingerprint density at radius 2 is 1.29 bits per heavy atom. The van der Waals surface area contributed by atoms with Gasteiger partial charge in [0.2, 0.25) is 29.5 Å². The predicted octanol–water partition coefficient (Wildman–Crippen LogP) is 0.122. The van der Waals surface area contributed by atoms with Crippen LogP contribution in [0.1, 0.15) is 33.6 Å². The first-order valence-electron chi connectivity index (χ1n) is 17.7. The van der Waals surface area contributed by atoms with E-state index in [1.807, 2.05) is 24.3 Å². The van der Waals surface area contributed by atoms with Crippen LogP contribution in [0.2, 0.25) is 0 Å². The largest absolute Gasteiger partial charge is 0.368 e. The van der Waals surface area contributed by atoms with E-state index in [0.717, 1.165) is 16.5 Å². The van der Waals surface area contributed by atoms with Gasteiger partial charge in [-0.15, -0.1) is 0 Å². The summed E-state index contributed by atoms with van der Waals surface area (Å²) in [6, 6.07) is 20.0. The fourth-order valence-electron chi connectivity index (χ4n) is 5.98. The van der Waals surface area contributed by atoms with Crippen molar-refractivity contribution in [2.75, 3.05) is 13.1 Å². The average molecular weight is 749 g/mol. The monoisotopic (exact) mass is 748 g/mol. The number of hydrogen-bond donors (Lipinski definition) is 9. The molecule has 5 aromatic rings. The fraction of sp³-hybridized carbons (Fsp3) is 0.256. The Morgan fingerprint density at radius 1 is 0.673 bits per heavy atom. The van der Waals surface area contributed by atoms with Crippen LogP contribution in [0.3, 0.4) is 0 Å². The highest BCUT2D eigenvalue weighted by molar-refractivity contribution is 5.98. The highest BCUT2D eigenvalue weighted by Crippen LogP contribution is 2.19. The van der Waals surface area contributed by atoms with Gasteiger partial charge in [-0.3, -0.25) is 28.8 Å². The number of aromatic amines is 2. The second-order valence-electron chi connectivity index (χ2n) is 12.9. The van der Waals surface area contributed by atoms with Crippen LogP contribution >= 0.6 is 0 Å². The van der Waals surface area contributed by atoms with E-state index in [0.29, 0.717) is 16.8 Å². The first kappa shape index (κ1) is 39.4. The smallest absolute Gasteiger partial charge is 0.251 e. The molecule has 286 valence electrons. The molecule has 0 aliphatic heterocycles. The molecule has 5 rings (SSSR count). The van der Waals surface area contributed by atoms with Gasteiger partial charge in [-0.25, -0.2) is 4.98 Å². The summed E-state index contributed by atoms with van der Waals surface area (Å²) >= 11 is 0. The number of carbonyl (C=O) groups excluding carboxylic acids is 6. The lowest BCUT2D eigenvalue weighted by molar-refractivity contribution is -0.134. The quantitative estimate of drug-likeness (QED) is 0.0559. The third-order valence-corrected chi connectivity index (χ3v) is 8.84. The molecule has 3 aromatic carbocycles. The van der Waals surface area contributed by atoms with E-state index in [4.69, 9.17) is 11.5 Å². The van der Waals surface area contributed by atoms with Crippen molar-refractivity contribution in [2.45, 2.75) is 49.9 Å². The number of imidazole rings is 1. The zero-order chi connectivity index (χ0) is 39.2. The lowest BCUT2D eigenvalue weighted by Gasteiger charge is -2.26. The summed E-state index contributed by atoms with van der Waals surface area (Å²) in [7, 11) is 0. The second-order valence-corrected chi connectivity index (χ2v) is 12.9. The Bertz CT molecular complexity index is 2070. The van der Waals surface area contributed by atoms with Gasteiger partial charge in [0.05, 0.1) is 12.9 Å². The maximum atomic E-state index is 14.0. The van der Waals surface area contributed by atoms with E-state index in [1.165, 1.54) is 12.5 Å². The number of carbonyl (C=O) groups is 6. The van der Waals surface area contributed by atoms with Crippen molar-refractivity contribution in [3.63, 3.8) is 0 Å². The van der Waals surface area contributed by atoms with E-state index in [1.54, 1.807) is 66.9 Å². The molecule has 0 bridgehead atoms. The summed E-state index contributed by atoms with van der Waals surface area (Å²) in [4.78, 5) is 89.6. The van der Waals surface area contributed by atoms with Crippen LogP contribution in [0.4, 0.5) is 0 Å². The molecule has 16 nitrogen and oxygen atoms in total. The number of rotatable bonds is 19. The Labute approximate surface area is 316 Å². The van der Waals surface area contributed by atoms with Gasteiger partial charge in [0.15, 0.2) is 0 Å². The topological polar surface area (TPSA) is 259 Å². The summed E-state index contributed by atoms with van der Waals surface area (Å²) in [5.74, 6) is -3.99. The molecular weight excluding hydrogens is 704 g/mol. The standard InChI is InChI=1S/C39H44N10O6/c40-16-15-30(37(53)48-31(35(41)51)18-26-20-43-29-14-8-7-13-28(26)29)47-38(54)32(17-24-9-3-1-4-10-24)49-39(55)33(19-27-21-42-23-45-27)46-34(50)22-44-36(52)25-11-5-2-6-12-25/h1-14,20-21,23,30-33,43H,15-19,22,40H2,(H2,41,51)(H,42,45)(H,44,52)(H,46,50)(H,47,54)(H,48,53)(H,49,55)/t30-,31-,32+,33-/m0/s1. The average Bonchev–Trinajstić information content (AvgIpc) is 3.86. The molecule has 11 N–H and O–H groups in total. The van der Waals surface area contributed by atoms with Crippen molar-refractivity contribution in [3.05, 3.63) is 126 Å². The van der Waals surface area contributed by atoms with Gasteiger partial charge in [-0.05, 0) is 42.3 Å². The maximum absolute atomic E-state index is 14.0. The van der Waals surface area contributed by atoms with Gasteiger partial charge in [0.1, 0.15) is 24.2 Å². The normalized spacial score (nSPS) is 13.1. The van der Waals surface area contributed by atoms with Crippen LogP contribution in [0.5, 0.6) is 0 Å². The summed E-state index contributed by atoms with van der Waals surface area (Å²) in [5, 5.41) is 14.1. The molecule has 0 unspecified atom stereocenters. The van der Waals surface area contributed by atoms with Crippen molar-refractivity contribution in [3.8, 4) is 0 Å². The number of primary amides is 1. The van der Waals surface area contributed by atoms with Crippen LogP contribution in [0, 0.1) is 0 Å². The number of hydrogen-bond acceptors (Lipinski definition) is 8. The number of aromatic nitrogens is 3. The number of para-hydroxylation sites is 1. The number of nitrogens with one attached hydrogen (secondary N) is 7. The van der Waals surface area contributed by atoms with E-state index in [9.17, 15) is 28.8 Å². The second kappa shape index (κ2) is 19.3. The van der Waals surface area contributed by atoms with E-state index >= 15 is 0 Å². The van der Waals surface area contributed by atoms with Crippen LogP contribution in [0.25, 0.3) is 10.9 Å². The number of amides is 6. The van der Waals surface area contributed by atoms with Crippen LogP contribution in [0.15, 0.2) is 104 Å². The molecule has 2 heterocycles. The molecule has 16 heteroatoms. The van der Waals surface area contributed by atoms with E-state index in [-0.39, 0.29) is 32.2 Å². The third-order valence-electron chi connectivity index (χ3n) is 8.84. The molecule has 0 fully saturated rings. The Hall–Kier alpha value is -6.81. The van der Waals surface area contributed by atoms with Gasteiger partial charge in [0, 0.05) is 53.8 Å². The Morgan fingerprint density at radius 3 is 1.96 bits per heavy atom. The first-order valence-corrected chi connectivity index (χ1v) is 17.7. The zero-order valence-corrected chi connectivity index (χ0v) is 29.9. The number of fused-ring (bicyclic) bond motifs is 1. The number of nitrogens with zero attached hydrogens (tertiary/aromatic N) is 1. The molecule has 2 aromatic heterocycles. The minimum Gasteiger partial charge on any atom is -0.368 e. The summed E-state index contributed by atoms with van der Waals surface area (Å²) in [6.07, 6.45) is 4.77. The van der Waals surface area contributed by atoms with Crippen molar-refractivity contribution in [1.29, 1.82) is 0 Å². The van der Waals surface area contributed by atoms with Gasteiger partial charge in [0.25, 0.3) is 5.91 Å². The minimum absolute atomic E-state index is 0.00928. The Kier molecular flexibility index (Phi) is 13.8. The molecule has 6 amide bonds. The molecule has 0 aliphatic rings. The molecule has 0 saturated carbocycles. The first-order chi connectivity index (χ1) is 26.6.